The molecule has 1 saturated heterocycles. The summed E-state index contributed by atoms with van der Waals surface area (Å²) in [6.45, 7) is 3.67. The van der Waals surface area contributed by atoms with Gasteiger partial charge >= 0.3 is 11.9 Å². The zero-order valence-corrected chi connectivity index (χ0v) is 36.5. The molecule has 0 aromatic carbocycles. The number of esters is 2. The molecule has 0 bridgehead atoms. The predicted octanol–water partition coefficient (Wildman–Crippen LogP) is 8.78. The molecular weight excluding hydrogens is 765 g/mol. The van der Waals surface area contributed by atoms with E-state index in [1.54, 1.807) is 0 Å². The molecule has 1 fully saturated rings. The second-order valence-electron chi connectivity index (χ2n) is 15.4. The third-order valence-electron chi connectivity index (χ3n) is 9.88. The standard InChI is InChI=1S/C45H78O12S/c1-3-5-7-9-11-13-15-17-19-21-23-25-27-29-31-33-40(46)54-35-38(36-55-45-44(50)43(49)42(48)39(57-45)37-58(51,52)53)56-41(47)34-32-30-28-26-24-22-20-18-16-14-12-10-8-6-4-2/h11-14,17-20,38-39,42-45,48-50H,3-10,15-16,21-37H2,1-2H3,(H,51,52,53). The first-order chi connectivity index (χ1) is 28.0. The molecule has 1 aliphatic rings. The van der Waals surface area contributed by atoms with Gasteiger partial charge in [-0.2, -0.15) is 8.42 Å². The lowest BCUT2D eigenvalue weighted by atomic mass is 10.00. The zero-order chi connectivity index (χ0) is 42.7. The fraction of sp³-hybridized carbons (Fsp3) is 0.778. The van der Waals surface area contributed by atoms with Crippen LogP contribution in [0.25, 0.3) is 0 Å². The predicted molar refractivity (Wildman–Crippen MR) is 229 cm³/mol. The molecule has 58 heavy (non-hydrogen) atoms. The van der Waals surface area contributed by atoms with E-state index in [1.165, 1.54) is 38.5 Å². The van der Waals surface area contributed by atoms with Crippen LogP contribution in [0.15, 0.2) is 48.6 Å². The Bertz CT molecular complexity index is 1260. The Hall–Kier alpha value is -2.39. The van der Waals surface area contributed by atoms with Gasteiger partial charge in [-0.15, -0.1) is 0 Å². The molecule has 6 atom stereocenters. The third-order valence-corrected chi connectivity index (χ3v) is 10.6. The lowest BCUT2D eigenvalue weighted by molar-refractivity contribution is -0.297. The van der Waals surface area contributed by atoms with Crippen LogP contribution in [0.2, 0.25) is 0 Å². The number of aliphatic hydroxyl groups excluding tert-OH is 3. The quantitative estimate of drug-likeness (QED) is 0.0204. The van der Waals surface area contributed by atoms with Crippen molar-refractivity contribution in [2.24, 2.45) is 0 Å². The number of aliphatic hydroxyl groups is 3. The van der Waals surface area contributed by atoms with E-state index in [-0.39, 0.29) is 19.4 Å². The first-order valence-corrected chi connectivity index (χ1v) is 23.8. The Morgan fingerprint density at radius 3 is 1.52 bits per heavy atom. The number of unbranched alkanes of at least 4 members (excludes halogenated alkanes) is 16. The van der Waals surface area contributed by atoms with Gasteiger partial charge in [-0.25, -0.2) is 0 Å². The van der Waals surface area contributed by atoms with E-state index in [2.05, 4.69) is 62.5 Å². The molecule has 0 spiro atoms. The van der Waals surface area contributed by atoms with Crippen LogP contribution in [0.5, 0.6) is 0 Å². The van der Waals surface area contributed by atoms with Crippen LogP contribution in [0.4, 0.5) is 0 Å². The van der Waals surface area contributed by atoms with Crippen molar-refractivity contribution < 1.29 is 56.8 Å². The Morgan fingerprint density at radius 1 is 0.586 bits per heavy atom. The van der Waals surface area contributed by atoms with Crippen LogP contribution in [-0.2, 0) is 38.7 Å². The van der Waals surface area contributed by atoms with Gasteiger partial charge in [-0.05, 0) is 77.0 Å². The van der Waals surface area contributed by atoms with Crippen LogP contribution in [0, 0.1) is 0 Å². The topological polar surface area (TPSA) is 186 Å². The van der Waals surface area contributed by atoms with Crippen molar-refractivity contribution in [1.29, 1.82) is 0 Å². The Kier molecular flexibility index (Phi) is 32.7. The summed E-state index contributed by atoms with van der Waals surface area (Å²) in [5, 5.41) is 30.9. The summed E-state index contributed by atoms with van der Waals surface area (Å²) in [6, 6.07) is 0. The zero-order valence-electron chi connectivity index (χ0n) is 35.6. The molecule has 1 aliphatic heterocycles. The van der Waals surface area contributed by atoms with Crippen LogP contribution in [-0.4, -0.2) is 96.0 Å². The van der Waals surface area contributed by atoms with Crippen molar-refractivity contribution >= 4 is 22.1 Å². The van der Waals surface area contributed by atoms with Crippen LogP contribution in [0.3, 0.4) is 0 Å². The highest BCUT2D eigenvalue weighted by Gasteiger charge is 2.46. The smallest absolute Gasteiger partial charge is 0.306 e. The minimum atomic E-state index is -4.61. The fourth-order valence-electron chi connectivity index (χ4n) is 6.38. The van der Waals surface area contributed by atoms with Gasteiger partial charge in [0.05, 0.1) is 6.61 Å². The highest BCUT2D eigenvalue weighted by atomic mass is 32.2. The van der Waals surface area contributed by atoms with Crippen molar-refractivity contribution in [3.8, 4) is 0 Å². The summed E-state index contributed by atoms with van der Waals surface area (Å²) >= 11 is 0. The first-order valence-electron chi connectivity index (χ1n) is 22.2. The molecule has 1 heterocycles. The van der Waals surface area contributed by atoms with Crippen LogP contribution >= 0.6 is 0 Å². The summed E-state index contributed by atoms with van der Waals surface area (Å²) < 4.78 is 54.0. The molecule has 6 unspecified atom stereocenters. The molecule has 0 amide bonds. The highest BCUT2D eigenvalue weighted by Crippen LogP contribution is 2.24. The Labute approximate surface area is 350 Å². The average molecular weight is 843 g/mol. The number of carbonyl (C=O) groups excluding carboxylic acids is 2. The number of rotatable bonds is 36. The maximum atomic E-state index is 12.8. The molecule has 12 nitrogen and oxygen atoms in total. The largest absolute Gasteiger partial charge is 0.462 e. The lowest BCUT2D eigenvalue weighted by Crippen LogP contribution is -2.60. The van der Waals surface area contributed by atoms with E-state index in [0.29, 0.717) is 12.8 Å². The maximum Gasteiger partial charge on any atom is 0.306 e. The second kappa shape index (κ2) is 35.4. The number of hydrogen-bond acceptors (Lipinski definition) is 11. The molecule has 0 aromatic rings. The summed E-state index contributed by atoms with van der Waals surface area (Å²) in [5.41, 5.74) is 0. The molecule has 4 N–H and O–H groups in total. The van der Waals surface area contributed by atoms with E-state index in [4.69, 9.17) is 18.9 Å². The highest BCUT2D eigenvalue weighted by molar-refractivity contribution is 7.85. The molecular formula is C45H78O12S. The van der Waals surface area contributed by atoms with Crippen LogP contribution < -0.4 is 0 Å². The van der Waals surface area contributed by atoms with E-state index in [1.807, 2.05) is 0 Å². The summed E-state index contributed by atoms with van der Waals surface area (Å²) in [6.07, 6.45) is 31.5. The minimum absolute atomic E-state index is 0.144. The van der Waals surface area contributed by atoms with Gasteiger partial charge in [0.2, 0.25) is 0 Å². The van der Waals surface area contributed by atoms with Crippen molar-refractivity contribution in [3.05, 3.63) is 48.6 Å². The Balaban J connectivity index is 2.49. The van der Waals surface area contributed by atoms with Gasteiger partial charge in [0.1, 0.15) is 36.8 Å². The van der Waals surface area contributed by atoms with Crippen molar-refractivity contribution in [1.82, 2.24) is 0 Å². The number of hydrogen-bond donors (Lipinski definition) is 4. The van der Waals surface area contributed by atoms with E-state index in [9.17, 15) is 37.9 Å². The van der Waals surface area contributed by atoms with Crippen molar-refractivity contribution in [2.75, 3.05) is 19.0 Å². The average Bonchev–Trinajstić information content (AvgIpc) is 3.18. The molecule has 0 radical (unpaired) electrons. The van der Waals surface area contributed by atoms with E-state index < -0.39 is 71.2 Å². The summed E-state index contributed by atoms with van der Waals surface area (Å²) in [5.74, 6) is -2.02. The van der Waals surface area contributed by atoms with Gasteiger partial charge in [-0.3, -0.25) is 14.1 Å². The normalized spacial score (nSPS) is 20.8. The Morgan fingerprint density at radius 2 is 1.03 bits per heavy atom. The summed E-state index contributed by atoms with van der Waals surface area (Å²) in [4.78, 5) is 25.4. The fourth-order valence-corrected chi connectivity index (χ4v) is 7.07. The van der Waals surface area contributed by atoms with E-state index >= 15 is 0 Å². The van der Waals surface area contributed by atoms with Gasteiger partial charge in [-0.1, -0.05) is 127 Å². The van der Waals surface area contributed by atoms with E-state index in [0.717, 1.165) is 89.9 Å². The molecule has 0 aliphatic carbocycles. The van der Waals surface area contributed by atoms with Gasteiger partial charge in [0.25, 0.3) is 10.1 Å². The number of ether oxygens (including phenoxy) is 4. The maximum absolute atomic E-state index is 12.8. The first kappa shape index (κ1) is 53.6. The molecule has 0 saturated carbocycles. The minimum Gasteiger partial charge on any atom is -0.462 e. The van der Waals surface area contributed by atoms with Crippen molar-refractivity contribution in [3.63, 3.8) is 0 Å². The SMILES string of the molecule is CCCCCC=CCC=CCCCCCCCC(=O)OCC(COC1OC(CS(=O)(=O)O)C(O)C(O)C1O)OC(=O)CCCCCCCC=CCC=CCCCCC. The van der Waals surface area contributed by atoms with Crippen molar-refractivity contribution in [2.45, 2.75) is 205 Å². The molecule has 13 heteroatoms. The third kappa shape index (κ3) is 29.8. The summed E-state index contributed by atoms with van der Waals surface area (Å²) in [7, 11) is -4.61. The van der Waals surface area contributed by atoms with Crippen LogP contribution in [0.1, 0.15) is 168 Å². The lowest BCUT2D eigenvalue weighted by Gasteiger charge is -2.40. The molecule has 1 rings (SSSR count). The molecule has 0 aromatic heterocycles. The van der Waals surface area contributed by atoms with Gasteiger partial charge < -0.3 is 34.3 Å². The monoisotopic (exact) mass is 843 g/mol. The number of allylic oxidation sites excluding steroid dienone is 8. The number of carbonyl (C=O) groups is 2. The molecule has 336 valence electrons. The van der Waals surface area contributed by atoms with Gasteiger partial charge in [0, 0.05) is 12.8 Å². The second-order valence-corrected chi connectivity index (χ2v) is 16.9. The van der Waals surface area contributed by atoms with Gasteiger partial charge in [0.15, 0.2) is 12.4 Å².